The van der Waals surface area contributed by atoms with Crippen molar-refractivity contribution in [3.05, 3.63) is 65.5 Å². The number of nitrogens with one attached hydrogen (secondary N) is 1. The largest absolute Gasteiger partial charge is 0.326 e. The number of halogens is 1. The summed E-state index contributed by atoms with van der Waals surface area (Å²) in [7, 11) is 0. The number of hydrogen-bond donors (Lipinski definition) is 1. The zero-order valence-corrected chi connectivity index (χ0v) is 11.5. The first-order valence-electron chi connectivity index (χ1n) is 6.75. The molecule has 0 heterocycles. The smallest absolute Gasteiger partial charge is 0.224 e. The normalized spacial score (nSPS) is 10.3. The Morgan fingerprint density at radius 3 is 2.65 bits per heavy atom. The molecule has 20 heavy (non-hydrogen) atoms. The third kappa shape index (κ3) is 4.19. The van der Waals surface area contributed by atoms with Gasteiger partial charge in [0.15, 0.2) is 0 Å². The van der Waals surface area contributed by atoms with E-state index in [1.54, 1.807) is 6.07 Å². The zero-order chi connectivity index (χ0) is 14.4. The number of hydrogen-bond acceptors (Lipinski definition) is 1. The molecule has 2 aromatic rings. The fourth-order valence-corrected chi connectivity index (χ4v) is 2.04. The Morgan fingerprint density at radius 1 is 1.15 bits per heavy atom. The van der Waals surface area contributed by atoms with Crippen LogP contribution in [-0.4, -0.2) is 5.91 Å². The second-order valence-electron chi connectivity index (χ2n) is 4.85. The van der Waals surface area contributed by atoms with E-state index in [0.717, 1.165) is 18.4 Å². The molecule has 2 nitrogen and oxygen atoms in total. The first-order valence-corrected chi connectivity index (χ1v) is 6.75. The zero-order valence-electron chi connectivity index (χ0n) is 11.5. The minimum absolute atomic E-state index is 0.0744. The molecule has 0 atom stereocenters. The topological polar surface area (TPSA) is 29.1 Å². The number of carbonyl (C=O) groups is 1. The van der Waals surface area contributed by atoms with Gasteiger partial charge in [0.25, 0.3) is 0 Å². The third-order valence-electron chi connectivity index (χ3n) is 3.19. The molecule has 0 aromatic heterocycles. The van der Waals surface area contributed by atoms with Gasteiger partial charge in [-0.05, 0) is 43.0 Å². The quantitative estimate of drug-likeness (QED) is 0.871. The minimum Gasteiger partial charge on any atom is -0.326 e. The van der Waals surface area contributed by atoms with Gasteiger partial charge < -0.3 is 5.32 Å². The van der Waals surface area contributed by atoms with Gasteiger partial charge in [0, 0.05) is 12.1 Å². The average Bonchev–Trinajstić information content (AvgIpc) is 2.44. The Kier molecular flexibility index (Phi) is 4.88. The molecule has 0 radical (unpaired) electrons. The van der Waals surface area contributed by atoms with Crippen LogP contribution >= 0.6 is 0 Å². The molecule has 0 saturated heterocycles. The van der Waals surface area contributed by atoms with E-state index < -0.39 is 0 Å². The van der Waals surface area contributed by atoms with Crippen LogP contribution in [0.25, 0.3) is 0 Å². The van der Waals surface area contributed by atoms with E-state index in [4.69, 9.17) is 0 Å². The highest BCUT2D eigenvalue weighted by atomic mass is 19.1. The van der Waals surface area contributed by atoms with E-state index in [1.807, 2.05) is 25.1 Å². The molecule has 0 aliphatic carbocycles. The minimum atomic E-state index is -0.338. The molecule has 2 aromatic carbocycles. The summed E-state index contributed by atoms with van der Waals surface area (Å²) < 4.78 is 13.1. The number of carbonyl (C=O) groups excluding carboxylic acids is 1. The molecule has 0 fully saturated rings. The van der Waals surface area contributed by atoms with Crippen molar-refractivity contribution < 1.29 is 9.18 Å². The van der Waals surface area contributed by atoms with Gasteiger partial charge in [-0.1, -0.05) is 36.4 Å². The molecule has 3 heteroatoms. The van der Waals surface area contributed by atoms with Crippen molar-refractivity contribution in [1.29, 1.82) is 0 Å². The number of amides is 1. The third-order valence-corrected chi connectivity index (χ3v) is 3.19. The fourth-order valence-electron chi connectivity index (χ4n) is 2.04. The first-order chi connectivity index (χ1) is 9.65. The lowest BCUT2D eigenvalue weighted by atomic mass is 10.1. The highest BCUT2D eigenvalue weighted by molar-refractivity contribution is 5.91. The maximum absolute atomic E-state index is 13.1. The molecule has 1 N–H and O–H groups in total. The van der Waals surface area contributed by atoms with Crippen LogP contribution in [0.5, 0.6) is 0 Å². The van der Waals surface area contributed by atoms with E-state index in [9.17, 15) is 9.18 Å². The maximum atomic E-state index is 13.1. The van der Waals surface area contributed by atoms with Crippen LogP contribution in [0.15, 0.2) is 48.5 Å². The molecule has 104 valence electrons. The molecule has 0 bridgehead atoms. The molecule has 0 unspecified atom stereocenters. The Bertz CT molecular complexity index is 581. The summed E-state index contributed by atoms with van der Waals surface area (Å²) in [6, 6.07) is 14.5. The van der Waals surface area contributed by atoms with Crippen molar-refractivity contribution in [3.63, 3.8) is 0 Å². The number of anilines is 1. The van der Waals surface area contributed by atoms with Gasteiger partial charge in [-0.25, -0.2) is 4.39 Å². The Balaban J connectivity index is 1.82. The highest BCUT2D eigenvalue weighted by Gasteiger charge is 2.06. The van der Waals surface area contributed by atoms with E-state index in [1.165, 1.54) is 17.7 Å². The molecular formula is C17H18FNO. The first kappa shape index (κ1) is 14.3. The van der Waals surface area contributed by atoms with Crippen molar-refractivity contribution in [2.45, 2.75) is 26.2 Å². The van der Waals surface area contributed by atoms with Crippen LogP contribution < -0.4 is 5.32 Å². The van der Waals surface area contributed by atoms with E-state index in [2.05, 4.69) is 17.4 Å². The van der Waals surface area contributed by atoms with Crippen LogP contribution in [0.1, 0.15) is 24.0 Å². The lowest BCUT2D eigenvalue weighted by Gasteiger charge is -2.08. The van der Waals surface area contributed by atoms with Crippen molar-refractivity contribution >= 4 is 11.6 Å². The lowest BCUT2D eigenvalue weighted by Crippen LogP contribution is -2.12. The van der Waals surface area contributed by atoms with Gasteiger partial charge in [-0.15, -0.1) is 0 Å². The summed E-state index contributed by atoms with van der Waals surface area (Å²) in [4.78, 5) is 11.8. The second kappa shape index (κ2) is 6.85. The van der Waals surface area contributed by atoms with Gasteiger partial charge in [0.1, 0.15) is 5.82 Å². The van der Waals surface area contributed by atoms with Crippen LogP contribution in [0.4, 0.5) is 10.1 Å². The predicted molar refractivity (Wildman–Crippen MR) is 79.1 cm³/mol. The molecule has 0 saturated carbocycles. The number of aryl methyl sites for hydroxylation is 2. The predicted octanol–water partition coefficient (Wildman–Crippen LogP) is 4.10. The molecular weight excluding hydrogens is 253 g/mol. The van der Waals surface area contributed by atoms with Crippen molar-refractivity contribution in [3.8, 4) is 0 Å². The average molecular weight is 271 g/mol. The van der Waals surface area contributed by atoms with Gasteiger partial charge in [-0.3, -0.25) is 4.79 Å². The van der Waals surface area contributed by atoms with Crippen molar-refractivity contribution in [1.82, 2.24) is 0 Å². The molecule has 0 spiro atoms. The summed E-state index contributed by atoms with van der Waals surface area (Å²) in [5.74, 6) is -0.412. The summed E-state index contributed by atoms with van der Waals surface area (Å²) in [6.07, 6.45) is 2.09. The van der Waals surface area contributed by atoms with Gasteiger partial charge in [0.05, 0.1) is 0 Å². The monoisotopic (exact) mass is 271 g/mol. The molecule has 0 aliphatic heterocycles. The standard InChI is InChI=1S/C17H18FNO/c1-13-10-11-15(18)12-16(13)19-17(20)9-5-8-14-6-3-2-4-7-14/h2-4,6-7,10-12H,5,8-9H2,1H3,(H,19,20). The highest BCUT2D eigenvalue weighted by Crippen LogP contribution is 2.16. The summed E-state index contributed by atoms with van der Waals surface area (Å²) in [5, 5.41) is 2.76. The SMILES string of the molecule is Cc1ccc(F)cc1NC(=O)CCCc1ccccc1. The lowest BCUT2D eigenvalue weighted by molar-refractivity contribution is -0.116. The molecule has 2 rings (SSSR count). The van der Waals surface area contributed by atoms with Crippen LogP contribution in [0.2, 0.25) is 0 Å². The molecule has 0 aliphatic rings. The van der Waals surface area contributed by atoms with Crippen LogP contribution in [0, 0.1) is 12.7 Å². The summed E-state index contributed by atoms with van der Waals surface area (Å²) in [5.41, 5.74) is 2.64. The van der Waals surface area contributed by atoms with E-state index in [0.29, 0.717) is 12.1 Å². The van der Waals surface area contributed by atoms with E-state index >= 15 is 0 Å². The summed E-state index contributed by atoms with van der Waals surface area (Å²) in [6.45, 7) is 1.85. The maximum Gasteiger partial charge on any atom is 0.224 e. The fraction of sp³-hybridized carbons (Fsp3) is 0.235. The number of rotatable bonds is 5. The van der Waals surface area contributed by atoms with Crippen LogP contribution in [0.3, 0.4) is 0 Å². The number of benzene rings is 2. The van der Waals surface area contributed by atoms with Crippen molar-refractivity contribution in [2.24, 2.45) is 0 Å². The van der Waals surface area contributed by atoms with Gasteiger partial charge in [0.2, 0.25) is 5.91 Å². The molecule has 1 amide bonds. The van der Waals surface area contributed by atoms with Gasteiger partial charge >= 0.3 is 0 Å². The van der Waals surface area contributed by atoms with Gasteiger partial charge in [-0.2, -0.15) is 0 Å². The Labute approximate surface area is 118 Å². The second-order valence-corrected chi connectivity index (χ2v) is 4.85. The Hall–Kier alpha value is -2.16. The van der Waals surface area contributed by atoms with E-state index in [-0.39, 0.29) is 11.7 Å². The Morgan fingerprint density at radius 2 is 1.90 bits per heavy atom. The summed E-state index contributed by atoms with van der Waals surface area (Å²) >= 11 is 0. The van der Waals surface area contributed by atoms with Crippen LogP contribution in [-0.2, 0) is 11.2 Å². The van der Waals surface area contributed by atoms with Crippen molar-refractivity contribution in [2.75, 3.05) is 5.32 Å².